The van der Waals surface area contributed by atoms with Crippen LogP contribution in [0.15, 0.2) is 29.8 Å². The van der Waals surface area contributed by atoms with E-state index in [9.17, 15) is 9.59 Å². The number of pyridine rings is 1. The molecule has 0 saturated carbocycles. The standard InChI is InChI=1S/C22H29N5O2S/c1-17-24-20(16-30-17)15-25-10-12-26(13-11-25)22(29)18-5-6-21(28)27(14-18)9-7-19-4-2-3-8-23-19/h2-4,8,16,18H,5-7,9-15H2,1H3/t18-/m0/s1. The van der Waals surface area contributed by atoms with Gasteiger partial charge in [0, 0.05) is 75.9 Å². The number of likely N-dealkylation sites (tertiary alicyclic amines) is 1. The van der Waals surface area contributed by atoms with Crippen LogP contribution in [0.4, 0.5) is 0 Å². The molecule has 2 aliphatic rings. The molecule has 0 bridgehead atoms. The van der Waals surface area contributed by atoms with Crippen molar-refractivity contribution in [3.63, 3.8) is 0 Å². The molecule has 0 radical (unpaired) electrons. The molecule has 2 aliphatic heterocycles. The predicted octanol–water partition coefficient (Wildman–Crippen LogP) is 1.97. The van der Waals surface area contributed by atoms with E-state index in [1.54, 1.807) is 17.5 Å². The Balaban J connectivity index is 1.26. The zero-order chi connectivity index (χ0) is 20.9. The minimum Gasteiger partial charge on any atom is -0.342 e. The Bertz CT molecular complexity index is 863. The first kappa shape index (κ1) is 20.9. The van der Waals surface area contributed by atoms with Crippen LogP contribution in [0.2, 0.25) is 0 Å². The Kier molecular flexibility index (Phi) is 6.74. The number of piperazine rings is 1. The van der Waals surface area contributed by atoms with Crippen molar-refractivity contribution in [3.8, 4) is 0 Å². The zero-order valence-corrected chi connectivity index (χ0v) is 18.3. The largest absolute Gasteiger partial charge is 0.342 e. The van der Waals surface area contributed by atoms with Crippen LogP contribution in [0, 0.1) is 12.8 Å². The Hall–Kier alpha value is -2.32. The first-order chi connectivity index (χ1) is 14.6. The summed E-state index contributed by atoms with van der Waals surface area (Å²) in [4.78, 5) is 40.5. The molecule has 30 heavy (non-hydrogen) atoms. The van der Waals surface area contributed by atoms with Crippen LogP contribution < -0.4 is 0 Å². The Morgan fingerprint density at radius 2 is 2.03 bits per heavy atom. The molecule has 0 aliphatic carbocycles. The molecule has 7 nitrogen and oxygen atoms in total. The summed E-state index contributed by atoms with van der Waals surface area (Å²) in [6.45, 7) is 7.28. The Morgan fingerprint density at radius 1 is 1.20 bits per heavy atom. The van der Waals surface area contributed by atoms with E-state index < -0.39 is 0 Å². The van der Waals surface area contributed by atoms with Crippen molar-refractivity contribution < 1.29 is 9.59 Å². The Labute approximate surface area is 181 Å². The number of piperidine rings is 1. The molecule has 160 valence electrons. The van der Waals surface area contributed by atoms with Gasteiger partial charge in [0.1, 0.15) is 0 Å². The summed E-state index contributed by atoms with van der Waals surface area (Å²) >= 11 is 1.68. The third kappa shape index (κ3) is 5.23. The number of thiazole rings is 1. The number of aryl methyl sites for hydroxylation is 1. The molecule has 0 aromatic carbocycles. The van der Waals surface area contributed by atoms with E-state index in [0.29, 0.717) is 25.9 Å². The van der Waals surface area contributed by atoms with Crippen molar-refractivity contribution in [2.75, 3.05) is 39.3 Å². The molecular weight excluding hydrogens is 398 g/mol. The van der Waals surface area contributed by atoms with Crippen molar-refractivity contribution in [1.29, 1.82) is 0 Å². The van der Waals surface area contributed by atoms with E-state index in [1.165, 1.54) is 0 Å². The monoisotopic (exact) mass is 427 g/mol. The Morgan fingerprint density at radius 3 is 2.73 bits per heavy atom. The number of rotatable bonds is 6. The van der Waals surface area contributed by atoms with Crippen molar-refractivity contribution in [2.45, 2.75) is 32.7 Å². The van der Waals surface area contributed by atoms with Crippen molar-refractivity contribution in [1.82, 2.24) is 24.7 Å². The number of hydrogen-bond acceptors (Lipinski definition) is 6. The van der Waals surface area contributed by atoms with Crippen LogP contribution in [-0.4, -0.2) is 75.8 Å². The van der Waals surface area contributed by atoms with Gasteiger partial charge in [0.2, 0.25) is 11.8 Å². The highest BCUT2D eigenvalue weighted by Crippen LogP contribution is 2.21. The van der Waals surface area contributed by atoms with Gasteiger partial charge in [0.25, 0.3) is 0 Å². The lowest BCUT2D eigenvalue weighted by atomic mass is 9.95. The number of amides is 2. The van der Waals surface area contributed by atoms with Crippen LogP contribution in [-0.2, 0) is 22.6 Å². The third-order valence-electron chi connectivity index (χ3n) is 5.95. The second-order valence-electron chi connectivity index (χ2n) is 8.11. The molecule has 2 aromatic rings. The van der Waals surface area contributed by atoms with Crippen LogP contribution in [0.3, 0.4) is 0 Å². The van der Waals surface area contributed by atoms with Gasteiger partial charge < -0.3 is 9.80 Å². The van der Waals surface area contributed by atoms with Gasteiger partial charge in [-0.3, -0.25) is 19.5 Å². The van der Waals surface area contributed by atoms with Gasteiger partial charge in [-0.1, -0.05) is 6.07 Å². The van der Waals surface area contributed by atoms with E-state index in [2.05, 4.69) is 20.2 Å². The number of carbonyl (C=O) groups excluding carboxylic acids is 2. The van der Waals surface area contributed by atoms with E-state index in [0.717, 1.165) is 55.5 Å². The maximum atomic E-state index is 13.1. The molecule has 0 unspecified atom stereocenters. The van der Waals surface area contributed by atoms with E-state index in [4.69, 9.17) is 0 Å². The van der Waals surface area contributed by atoms with E-state index in [-0.39, 0.29) is 17.7 Å². The van der Waals surface area contributed by atoms with Gasteiger partial charge in [-0.25, -0.2) is 4.98 Å². The minimum absolute atomic E-state index is 0.0841. The average Bonchev–Trinajstić information content (AvgIpc) is 3.18. The molecule has 4 rings (SSSR count). The fraction of sp³-hybridized carbons (Fsp3) is 0.545. The van der Waals surface area contributed by atoms with Gasteiger partial charge in [-0.05, 0) is 25.5 Å². The average molecular weight is 428 g/mol. The van der Waals surface area contributed by atoms with Crippen molar-refractivity contribution in [2.24, 2.45) is 5.92 Å². The highest BCUT2D eigenvalue weighted by molar-refractivity contribution is 7.09. The number of nitrogens with zero attached hydrogens (tertiary/aromatic N) is 5. The smallest absolute Gasteiger partial charge is 0.227 e. The van der Waals surface area contributed by atoms with Gasteiger partial charge in [0.05, 0.1) is 16.6 Å². The fourth-order valence-electron chi connectivity index (χ4n) is 4.22. The first-order valence-corrected chi connectivity index (χ1v) is 11.6. The number of hydrogen-bond donors (Lipinski definition) is 0. The number of aromatic nitrogens is 2. The van der Waals surface area contributed by atoms with Crippen LogP contribution >= 0.6 is 11.3 Å². The zero-order valence-electron chi connectivity index (χ0n) is 17.5. The van der Waals surface area contributed by atoms with Crippen molar-refractivity contribution >= 4 is 23.2 Å². The van der Waals surface area contributed by atoms with Gasteiger partial charge in [-0.15, -0.1) is 11.3 Å². The summed E-state index contributed by atoms with van der Waals surface area (Å²) in [5.74, 6) is 0.270. The normalized spacial score (nSPS) is 20.6. The quantitative estimate of drug-likeness (QED) is 0.705. The molecule has 0 spiro atoms. The summed E-state index contributed by atoms with van der Waals surface area (Å²) in [5.41, 5.74) is 2.09. The van der Waals surface area contributed by atoms with E-state index in [1.807, 2.05) is 34.9 Å². The summed E-state index contributed by atoms with van der Waals surface area (Å²) < 4.78 is 0. The SMILES string of the molecule is Cc1nc(CN2CCN(C(=O)[C@H]3CCC(=O)N(CCc4ccccn4)C3)CC2)cs1. The second-order valence-corrected chi connectivity index (χ2v) is 9.17. The summed E-state index contributed by atoms with van der Waals surface area (Å²) in [6, 6.07) is 5.83. The van der Waals surface area contributed by atoms with Crippen LogP contribution in [0.25, 0.3) is 0 Å². The molecule has 4 heterocycles. The second kappa shape index (κ2) is 9.66. The molecule has 2 amide bonds. The van der Waals surface area contributed by atoms with Crippen LogP contribution in [0.1, 0.15) is 29.2 Å². The molecule has 2 saturated heterocycles. The lowest BCUT2D eigenvalue weighted by Crippen LogP contribution is -2.53. The molecule has 2 aromatic heterocycles. The summed E-state index contributed by atoms with van der Waals surface area (Å²) in [6.07, 6.45) is 3.62. The maximum absolute atomic E-state index is 13.1. The minimum atomic E-state index is -0.0841. The lowest BCUT2D eigenvalue weighted by Gasteiger charge is -2.38. The highest BCUT2D eigenvalue weighted by Gasteiger charge is 2.33. The van der Waals surface area contributed by atoms with Gasteiger partial charge >= 0.3 is 0 Å². The molecule has 8 heteroatoms. The summed E-state index contributed by atoms with van der Waals surface area (Å²) in [5, 5.41) is 3.21. The topological polar surface area (TPSA) is 69.6 Å². The van der Waals surface area contributed by atoms with Gasteiger partial charge in [-0.2, -0.15) is 0 Å². The summed E-state index contributed by atoms with van der Waals surface area (Å²) in [7, 11) is 0. The molecule has 1 atom stereocenters. The highest BCUT2D eigenvalue weighted by atomic mass is 32.1. The van der Waals surface area contributed by atoms with Gasteiger partial charge in [0.15, 0.2) is 0 Å². The molecular formula is C22H29N5O2S. The van der Waals surface area contributed by atoms with E-state index >= 15 is 0 Å². The van der Waals surface area contributed by atoms with Crippen molar-refractivity contribution in [3.05, 3.63) is 46.2 Å². The predicted molar refractivity (Wildman–Crippen MR) is 116 cm³/mol. The molecule has 0 N–H and O–H groups in total. The third-order valence-corrected chi connectivity index (χ3v) is 6.77. The van der Waals surface area contributed by atoms with Crippen LogP contribution in [0.5, 0.6) is 0 Å². The maximum Gasteiger partial charge on any atom is 0.227 e. The first-order valence-electron chi connectivity index (χ1n) is 10.7. The lowest BCUT2D eigenvalue weighted by molar-refractivity contribution is -0.144. The fourth-order valence-corrected chi connectivity index (χ4v) is 4.83. The number of carbonyl (C=O) groups is 2. The molecule has 2 fully saturated rings.